The van der Waals surface area contributed by atoms with Crippen molar-refractivity contribution < 1.29 is 9.53 Å². The Kier molecular flexibility index (Phi) is 5.23. The number of benzene rings is 1. The molecule has 0 unspecified atom stereocenters. The van der Waals surface area contributed by atoms with Crippen LogP contribution in [0.4, 0.5) is 0 Å². The molecule has 0 N–H and O–H groups in total. The number of rotatable bonds is 2. The summed E-state index contributed by atoms with van der Waals surface area (Å²) in [6, 6.07) is 3.22. The lowest BCUT2D eigenvalue weighted by Gasteiger charge is -2.14. The van der Waals surface area contributed by atoms with Crippen LogP contribution < -0.4 is 0 Å². The van der Waals surface area contributed by atoms with Crippen molar-refractivity contribution in [1.29, 1.82) is 0 Å². The number of ether oxygens (including phenoxy) is 1. The van der Waals surface area contributed by atoms with Crippen LogP contribution in [0, 0.1) is 0 Å². The number of halogens is 5. The summed E-state index contributed by atoms with van der Waals surface area (Å²) in [5.41, 5.74) is 0.657. The Bertz CT molecular complexity index is 704. The van der Waals surface area contributed by atoms with Gasteiger partial charge in [0.15, 0.2) is 5.69 Å². The van der Waals surface area contributed by atoms with Crippen LogP contribution in [-0.2, 0) is 4.74 Å². The second-order valence-corrected chi connectivity index (χ2v) is 5.73. The minimum absolute atomic E-state index is 0.0401. The van der Waals surface area contributed by atoms with Crippen molar-refractivity contribution in [3.63, 3.8) is 0 Å². The van der Waals surface area contributed by atoms with Crippen molar-refractivity contribution in [3.8, 4) is 11.1 Å². The van der Waals surface area contributed by atoms with Crippen LogP contribution in [0.15, 0.2) is 18.3 Å². The molecule has 0 fully saturated rings. The molecule has 0 bridgehead atoms. The van der Waals surface area contributed by atoms with Gasteiger partial charge in [-0.25, -0.2) is 9.78 Å². The Hall–Kier alpha value is -0.710. The van der Waals surface area contributed by atoms with Gasteiger partial charge >= 0.3 is 5.97 Å². The molecule has 0 amide bonds. The zero-order chi connectivity index (χ0) is 15.7. The second-order valence-electron chi connectivity index (χ2n) is 3.84. The Labute approximate surface area is 145 Å². The lowest BCUT2D eigenvalue weighted by molar-refractivity contribution is 0.0595. The third-order valence-corrected chi connectivity index (χ3v) is 4.94. The summed E-state index contributed by atoms with van der Waals surface area (Å²) in [4.78, 5) is 15.8. The van der Waals surface area contributed by atoms with E-state index in [0.29, 0.717) is 5.56 Å². The fraction of sp³-hybridized carbons (Fsp3) is 0.0769. The van der Waals surface area contributed by atoms with Crippen LogP contribution in [0.5, 0.6) is 0 Å². The van der Waals surface area contributed by atoms with Gasteiger partial charge in [-0.05, 0) is 6.07 Å². The molecular weight excluding hydrogens is 379 g/mol. The van der Waals surface area contributed by atoms with Gasteiger partial charge in [-0.2, -0.15) is 0 Å². The van der Waals surface area contributed by atoms with Gasteiger partial charge in [0.1, 0.15) is 0 Å². The zero-order valence-corrected chi connectivity index (χ0v) is 14.2. The third kappa shape index (κ3) is 2.94. The summed E-state index contributed by atoms with van der Waals surface area (Å²) in [7, 11) is 1.24. The number of esters is 1. The monoisotopic (exact) mass is 383 g/mol. The largest absolute Gasteiger partial charge is 0.464 e. The summed E-state index contributed by atoms with van der Waals surface area (Å²) < 4.78 is 4.68. The number of nitrogens with zero attached hydrogens (tertiary/aromatic N) is 1. The highest BCUT2D eigenvalue weighted by atomic mass is 35.5. The van der Waals surface area contributed by atoms with E-state index in [1.54, 1.807) is 12.1 Å². The van der Waals surface area contributed by atoms with Gasteiger partial charge in [0.05, 0.1) is 32.2 Å². The summed E-state index contributed by atoms with van der Waals surface area (Å²) in [5.74, 6) is -0.639. The number of aromatic nitrogens is 1. The molecule has 0 atom stereocenters. The highest BCUT2D eigenvalue weighted by Gasteiger charge is 2.24. The van der Waals surface area contributed by atoms with Gasteiger partial charge in [0.25, 0.3) is 0 Å². The number of methoxy groups -OCH3 is 1. The maximum absolute atomic E-state index is 11.8. The van der Waals surface area contributed by atoms with Crippen LogP contribution in [0.1, 0.15) is 10.5 Å². The van der Waals surface area contributed by atoms with Gasteiger partial charge in [-0.1, -0.05) is 64.1 Å². The van der Waals surface area contributed by atoms with Gasteiger partial charge in [-0.3, -0.25) is 0 Å². The molecule has 0 radical (unpaired) electrons. The molecule has 2 aromatic rings. The first kappa shape index (κ1) is 16.7. The SMILES string of the molecule is COC(=O)c1ncccc1-c1c(Cl)c(Cl)c(Cl)c(Cl)c1Cl. The van der Waals surface area contributed by atoms with E-state index >= 15 is 0 Å². The smallest absolute Gasteiger partial charge is 0.357 e. The van der Waals surface area contributed by atoms with E-state index < -0.39 is 5.97 Å². The zero-order valence-electron chi connectivity index (χ0n) is 10.4. The fourth-order valence-electron chi connectivity index (χ4n) is 1.71. The second kappa shape index (κ2) is 6.59. The summed E-state index contributed by atoms with van der Waals surface area (Å²) in [5, 5.41) is 0.286. The molecule has 8 heteroatoms. The van der Waals surface area contributed by atoms with E-state index in [9.17, 15) is 4.79 Å². The molecular formula is C13H6Cl5NO2. The molecule has 0 spiro atoms. The van der Waals surface area contributed by atoms with E-state index in [0.717, 1.165) is 0 Å². The van der Waals surface area contributed by atoms with Crippen LogP contribution in [0.25, 0.3) is 11.1 Å². The van der Waals surface area contributed by atoms with Crippen molar-refractivity contribution in [2.45, 2.75) is 0 Å². The Balaban J connectivity index is 2.83. The molecule has 2 rings (SSSR count). The standard InChI is InChI=1S/C13H6Cl5NO2/c1-21-13(20)12-5(3-2-4-19-12)6-7(14)9(16)11(18)10(17)8(6)15/h2-4H,1H3. The predicted molar refractivity (Wildman–Crippen MR) is 86.1 cm³/mol. The van der Waals surface area contributed by atoms with Crippen LogP contribution in [-0.4, -0.2) is 18.1 Å². The molecule has 0 aliphatic carbocycles. The van der Waals surface area contributed by atoms with E-state index in [4.69, 9.17) is 58.0 Å². The van der Waals surface area contributed by atoms with Crippen molar-refractivity contribution in [2.75, 3.05) is 7.11 Å². The quantitative estimate of drug-likeness (QED) is 0.372. The van der Waals surface area contributed by atoms with E-state index in [1.165, 1.54) is 13.3 Å². The first-order chi connectivity index (χ1) is 9.90. The molecule has 110 valence electrons. The predicted octanol–water partition coefficient (Wildman–Crippen LogP) is 5.80. The van der Waals surface area contributed by atoms with Crippen molar-refractivity contribution >= 4 is 64.0 Å². The maximum Gasteiger partial charge on any atom is 0.357 e. The highest BCUT2D eigenvalue weighted by molar-refractivity contribution is 6.56. The van der Waals surface area contributed by atoms with Gasteiger partial charge < -0.3 is 4.74 Å². The number of hydrogen-bond acceptors (Lipinski definition) is 3. The topological polar surface area (TPSA) is 39.2 Å². The van der Waals surface area contributed by atoms with Crippen LogP contribution in [0.3, 0.4) is 0 Å². The molecule has 1 aromatic heterocycles. The average Bonchev–Trinajstić information content (AvgIpc) is 2.51. The average molecular weight is 385 g/mol. The van der Waals surface area contributed by atoms with Gasteiger partial charge in [0, 0.05) is 17.3 Å². The van der Waals surface area contributed by atoms with Crippen molar-refractivity contribution in [3.05, 3.63) is 49.1 Å². The number of hydrogen-bond donors (Lipinski definition) is 0. The number of carbonyl (C=O) groups is 1. The molecule has 0 aliphatic heterocycles. The molecule has 0 saturated carbocycles. The third-order valence-electron chi connectivity index (χ3n) is 2.67. The minimum Gasteiger partial charge on any atom is -0.464 e. The Morgan fingerprint density at radius 3 is 2.05 bits per heavy atom. The first-order valence-electron chi connectivity index (χ1n) is 5.45. The Morgan fingerprint density at radius 2 is 1.52 bits per heavy atom. The van der Waals surface area contributed by atoms with E-state index in [2.05, 4.69) is 9.72 Å². The van der Waals surface area contributed by atoms with Gasteiger partial charge in [0.2, 0.25) is 0 Å². The van der Waals surface area contributed by atoms with Crippen molar-refractivity contribution in [1.82, 2.24) is 4.98 Å². The normalized spacial score (nSPS) is 10.6. The molecule has 21 heavy (non-hydrogen) atoms. The molecule has 1 heterocycles. The lowest BCUT2D eigenvalue weighted by Crippen LogP contribution is -2.06. The highest BCUT2D eigenvalue weighted by Crippen LogP contribution is 2.48. The summed E-state index contributed by atoms with van der Waals surface area (Å²) in [6.07, 6.45) is 1.44. The number of carbonyl (C=O) groups excluding carboxylic acids is 1. The number of pyridine rings is 1. The first-order valence-corrected chi connectivity index (χ1v) is 7.34. The maximum atomic E-state index is 11.8. The van der Waals surface area contributed by atoms with Crippen LogP contribution >= 0.6 is 58.0 Å². The van der Waals surface area contributed by atoms with E-state index in [1.807, 2.05) is 0 Å². The Morgan fingerprint density at radius 1 is 1.00 bits per heavy atom. The molecule has 0 aliphatic rings. The van der Waals surface area contributed by atoms with Crippen molar-refractivity contribution in [2.24, 2.45) is 0 Å². The molecule has 1 aromatic carbocycles. The fourth-order valence-corrected chi connectivity index (χ4v) is 3.05. The van der Waals surface area contributed by atoms with Gasteiger partial charge in [-0.15, -0.1) is 0 Å². The summed E-state index contributed by atoms with van der Waals surface area (Å²) in [6.45, 7) is 0. The molecule has 0 saturated heterocycles. The van der Waals surface area contributed by atoms with Crippen LogP contribution in [0.2, 0.25) is 25.1 Å². The molecule has 3 nitrogen and oxygen atoms in total. The lowest BCUT2D eigenvalue weighted by atomic mass is 10.0. The van der Waals surface area contributed by atoms with E-state index in [-0.39, 0.29) is 36.4 Å². The minimum atomic E-state index is -0.639. The summed E-state index contributed by atoms with van der Waals surface area (Å²) >= 11 is 30.4.